The minimum atomic E-state index is -3.49. The lowest BCUT2D eigenvalue weighted by Crippen LogP contribution is -2.41. The SMILES string of the molecule is O=S(=O)(NCC1(CO)CCCCC1)c1ccc(I)cc1. The molecule has 1 aliphatic carbocycles. The molecule has 0 spiro atoms. The van der Waals surface area contributed by atoms with Gasteiger partial charge in [0.15, 0.2) is 0 Å². The van der Waals surface area contributed by atoms with E-state index < -0.39 is 10.0 Å². The smallest absolute Gasteiger partial charge is 0.240 e. The molecular weight excluding hydrogens is 389 g/mol. The van der Waals surface area contributed by atoms with Gasteiger partial charge in [0.05, 0.1) is 4.90 Å². The maximum atomic E-state index is 12.2. The van der Waals surface area contributed by atoms with Gasteiger partial charge in [-0.05, 0) is 59.7 Å². The summed E-state index contributed by atoms with van der Waals surface area (Å²) in [5.74, 6) is 0. The van der Waals surface area contributed by atoms with E-state index in [0.717, 1.165) is 29.3 Å². The fourth-order valence-corrected chi connectivity index (χ4v) is 4.15. The number of halogens is 1. The molecule has 0 radical (unpaired) electrons. The van der Waals surface area contributed by atoms with Gasteiger partial charge in [0, 0.05) is 22.1 Å². The van der Waals surface area contributed by atoms with Crippen LogP contribution in [0.15, 0.2) is 29.2 Å². The first-order chi connectivity index (χ1) is 9.47. The third-order valence-electron chi connectivity index (χ3n) is 4.01. The predicted octanol–water partition coefficient (Wildman–Crippen LogP) is 2.51. The first kappa shape index (κ1) is 16.2. The van der Waals surface area contributed by atoms with Crippen molar-refractivity contribution in [2.24, 2.45) is 5.41 Å². The summed E-state index contributed by atoms with van der Waals surface area (Å²) < 4.78 is 28.2. The minimum Gasteiger partial charge on any atom is -0.396 e. The number of hydrogen-bond acceptors (Lipinski definition) is 3. The molecule has 4 nitrogen and oxygen atoms in total. The number of hydrogen-bond donors (Lipinski definition) is 2. The molecule has 1 aromatic rings. The van der Waals surface area contributed by atoms with Crippen LogP contribution in [0.25, 0.3) is 0 Å². The van der Waals surface area contributed by atoms with E-state index in [-0.39, 0.29) is 16.9 Å². The van der Waals surface area contributed by atoms with E-state index in [0.29, 0.717) is 6.54 Å². The van der Waals surface area contributed by atoms with Crippen LogP contribution in [0, 0.1) is 8.99 Å². The van der Waals surface area contributed by atoms with Crippen LogP contribution in [-0.4, -0.2) is 26.7 Å². The summed E-state index contributed by atoms with van der Waals surface area (Å²) in [6.07, 6.45) is 5.07. The molecular formula is C14H20INO3S. The second kappa shape index (κ2) is 6.72. The van der Waals surface area contributed by atoms with Crippen LogP contribution in [0.4, 0.5) is 0 Å². The van der Waals surface area contributed by atoms with E-state index in [2.05, 4.69) is 27.3 Å². The van der Waals surface area contributed by atoms with Crippen molar-refractivity contribution in [1.82, 2.24) is 4.72 Å². The van der Waals surface area contributed by atoms with Crippen LogP contribution in [-0.2, 0) is 10.0 Å². The van der Waals surface area contributed by atoms with Gasteiger partial charge in [0.25, 0.3) is 0 Å². The molecule has 0 unspecified atom stereocenters. The van der Waals surface area contributed by atoms with Crippen LogP contribution in [0.3, 0.4) is 0 Å². The maximum Gasteiger partial charge on any atom is 0.240 e. The summed E-state index contributed by atoms with van der Waals surface area (Å²) >= 11 is 2.14. The normalized spacial score (nSPS) is 18.9. The largest absolute Gasteiger partial charge is 0.396 e. The average molecular weight is 409 g/mol. The average Bonchev–Trinajstić information content (AvgIpc) is 2.47. The summed E-state index contributed by atoms with van der Waals surface area (Å²) in [5, 5.41) is 9.61. The van der Waals surface area contributed by atoms with E-state index >= 15 is 0 Å². The summed E-state index contributed by atoms with van der Waals surface area (Å²) in [6.45, 7) is 0.361. The highest BCUT2D eigenvalue weighted by atomic mass is 127. The molecule has 20 heavy (non-hydrogen) atoms. The van der Waals surface area contributed by atoms with Gasteiger partial charge in [-0.15, -0.1) is 0 Å². The topological polar surface area (TPSA) is 66.4 Å². The quantitative estimate of drug-likeness (QED) is 0.735. The molecule has 1 fully saturated rings. The van der Waals surface area contributed by atoms with Crippen molar-refractivity contribution in [3.8, 4) is 0 Å². The minimum absolute atomic E-state index is 0.0439. The van der Waals surface area contributed by atoms with Gasteiger partial charge in [0.1, 0.15) is 0 Å². The Balaban J connectivity index is 2.06. The van der Waals surface area contributed by atoms with Gasteiger partial charge in [-0.3, -0.25) is 0 Å². The van der Waals surface area contributed by atoms with Crippen molar-refractivity contribution in [2.75, 3.05) is 13.2 Å². The molecule has 0 amide bonds. The van der Waals surface area contributed by atoms with Gasteiger partial charge in [-0.2, -0.15) is 0 Å². The molecule has 0 heterocycles. The summed E-state index contributed by atoms with van der Waals surface area (Å²) in [6, 6.07) is 6.77. The second-order valence-corrected chi connectivity index (χ2v) is 8.51. The fraction of sp³-hybridized carbons (Fsp3) is 0.571. The number of aliphatic hydroxyl groups is 1. The van der Waals surface area contributed by atoms with Gasteiger partial charge in [-0.25, -0.2) is 13.1 Å². The Morgan fingerprint density at radius 1 is 1.15 bits per heavy atom. The number of rotatable bonds is 5. The van der Waals surface area contributed by atoms with Gasteiger partial charge >= 0.3 is 0 Å². The Morgan fingerprint density at radius 2 is 1.75 bits per heavy atom. The Hall–Kier alpha value is -0.180. The van der Waals surface area contributed by atoms with Crippen molar-refractivity contribution in [2.45, 2.75) is 37.0 Å². The second-order valence-electron chi connectivity index (χ2n) is 5.50. The van der Waals surface area contributed by atoms with Crippen LogP contribution in [0.2, 0.25) is 0 Å². The summed E-state index contributed by atoms with van der Waals surface area (Å²) in [4.78, 5) is 0.279. The Kier molecular flexibility index (Phi) is 5.44. The first-order valence-electron chi connectivity index (χ1n) is 6.84. The molecule has 2 N–H and O–H groups in total. The van der Waals surface area contributed by atoms with Gasteiger partial charge in [0.2, 0.25) is 10.0 Å². The molecule has 6 heteroatoms. The summed E-state index contributed by atoms with van der Waals surface area (Å²) in [5.41, 5.74) is -0.283. The zero-order chi connectivity index (χ0) is 14.6. The van der Waals surface area contributed by atoms with Gasteiger partial charge < -0.3 is 5.11 Å². The Labute approximate surface area is 134 Å². The first-order valence-corrected chi connectivity index (χ1v) is 9.40. The zero-order valence-electron chi connectivity index (χ0n) is 11.3. The van der Waals surface area contributed by atoms with Crippen molar-refractivity contribution in [3.63, 3.8) is 0 Å². The van der Waals surface area contributed by atoms with Crippen molar-refractivity contribution in [1.29, 1.82) is 0 Å². The predicted molar refractivity (Wildman–Crippen MR) is 87.0 cm³/mol. The molecule has 0 bridgehead atoms. The highest BCUT2D eigenvalue weighted by molar-refractivity contribution is 14.1. The zero-order valence-corrected chi connectivity index (χ0v) is 14.3. The van der Waals surface area contributed by atoms with E-state index in [1.807, 2.05) is 0 Å². The van der Waals surface area contributed by atoms with E-state index in [4.69, 9.17) is 0 Å². The van der Waals surface area contributed by atoms with E-state index in [1.165, 1.54) is 6.42 Å². The molecule has 2 rings (SSSR count). The number of benzene rings is 1. The van der Waals surface area contributed by atoms with E-state index in [1.54, 1.807) is 24.3 Å². The van der Waals surface area contributed by atoms with Crippen molar-refractivity contribution in [3.05, 3.63) is 27.8 Å². The van der Waals surface area contributed by atoms with Crippen LogP contribution < -0.4 is 4.72 Å². The standard InChI is InChI=1S/C14H20INO3S/c15-12-4-6-13(7-5-12)20(18,19)16-10-14(11-17)8-2-1-3-9-14/h4-7,16-17H,1-3,8-11H2. The number of aliphatic hydroxyl groups excluding tert-OH is 1. The highest BCUT2D eigenvalue weighted by Gasteiger charge is 2.32. The fourth-order valence-electron chi connectivity index (χ4n) is 2.64. The third-order valence-corrected chi connectivity index (χ3v) is 6.15. The Morgan fingerprint density at radius 3 is 2.30 bits per heavy atom. The van der Waals surface area contributed by atoms with E-state index in [9.17, 15) is 13.5 Å². The number of sulfonamides is 1. The lowest BCUT2D eigenvalue weighted by Gasteiger charge is -2.35. The molecule has 112 valence electrons. The van der Waals surface area contributed by atoms with Crippen molar-refractivity contribution >= 4 is 32.6 Å². The van der Waals surface area contributed by atoms with Crippen LogP contribution >= 0.6 is 22.6 Å². The van der Waals surface area contributed by atoms with Gasteiger partial charge in [-0.1, -0.05) is 19.3 Å². The molecule has 0 aliphatic heterocycles. The Bertz CT molecular complexity index is 536. The van der Waals surface area contributed by atoms with Crippen molar-refractivity contribution < 1.29 is 13.5 Å². The number of nitrogens with one attached hydrogen (secondary N) is 1. The molecule has 1 aromatic carbocycles. The molecule has 1 saturated carbocycles. The maximum absolute atomic E-state index is 12.2. The molecule has 0 saturated heterocycles. The third kappa shape index (κ3) is 3.93. The monoisotopic (exact) mass is 409 g/mol. The lowest BCUT2D eigenvalue weighted by atomic mass is 9.75. The van der Waals surface area contributed by atoms with Crippen LogP contribution in [0.5, 0.6) is 0 Å². The molecule has 0 aromatic heterocycles. The summed E-state index contributed by atoms with van der Waals surface area (Å²) in [7, 11) is -3.49. The highest BCUT2D eigenvalue weighted by Crippen LogP contribution is 2.35. The molecule has 0 atom stereocenters. The van der Waals surface area contributed by atoms with Crippen LogP contribution in [0.1, 0.15) is 32.1 Å². The molecule has 1 aliphatic rings. The lowest BCUT2D eigenvalue weighted by molar-refractivity contribution is 0.0867.